The molecule has 6 heteroatoms. The average Bonchev–Trinajstić information content (AvgIpc) is 2.60. The van der Waals surface area contributed by atoms with Crippen LogP contribution in [0.1, 0.15) is 29.6 Å². The summed E-state index contributed by atoms with van der Waals surface area (Å²) >= 11 is 0. The minimum absolute atomic E-state index is 0.0140. The number of piperidine rings is 1. The first-order chi connectivity index (χ1) is 11.1. The van der Waals surface area contributed by atoms with Crippen LogP contribution in [0.15, 0.2) is 24.5 Å². The third-order valence-corrected chi connectivity index (χ3v) is 4.34. The van der Waals surface area contributed by atoms with Crippen molar-refractivity contribution in [2.45, 2.75) is 19.3 Å². The summed E-state index contributed by atoms with van der Waals surface area (Å²) in [6.45, 7) is 2.43. The van der Waals surface area contributed by atoms with E-state index in [-0.39, 0.29) is 18.4 Å². The normalized spacial score (nSPS) is 15.5. The number of hydrogen-bond acceptors (Lipinski definition) is 4. The van der Waals surface area contributed by atoms with Gasteiger partial charge in [-0.3, -0.25) is 14.6 Å². The minimum Gasteiger partial charge on any atom is -0.385 e. The highest BCUT2D eigenvalue weighted by Crippen LogP contribution is 2.20. The van der Waals surface area contributed by atoms with Crippen molar-refractivity contribution in [2.75, 3.05) is 40.4 Å². The Kier molecular flexibility index (Phi) is 6.52. The molecule has 23 heavy (non-hydrogen) atoms. The van der Waals surface area contributed by atoms with Crippen LogP contribution in [0, 0.1) is 5.92 Å². The Hall–Kier alpha value is -1.95. The van der Waals surface area contributed by atoms with Gasteiger partial charge in [-0.25, -0.2) is 0 Å². The molecule has 2 heterocycles. The Morgan fingerprint density at radius 1 is 1.30 bits per heavy atom. The number of carbonyl (C=O) groups is 2. The number of carbonyl (C=O) groups excluding carboxylic acids is 2. The molecule has 1 saturated heterocycles. The van der Waals surface area contributed by atoms with Crippen molar-refractivity contribution in [2.24, 2.45) is 5.92 Å². The number of likely N-dealkylation sites (tertiary alicyclic amines) is 1. The lowest BCUT2D eigenvalue weighted by molar-refractivity contribution is -0.133. The highest BCUT2D eigenvalue weighted by Gasteiger charge is 2.24. The zero-order valence-corrected chi connectivity index (χ0v) is 13.9. The quantitative estimate of drug-likeness (QED) is 0.796. The van der Waals surface area contributed by atoms with Crippen molar-refractivity contribution in [3.05, 3.63) is 30.1 Å². The summed E-state index contributed by atoms with van der Waals surface area (Å²) < 4.78 is 5.11. The lowest BCUT2D eigenvalue weighted by atomic mass is 9.94. The summed E-state index contributed by atoms with van der Waals surface area (Å²) in [5, 5.41) is 0. The van der Waals surface area contributed by atoms with Crippen molar-refractivity contribution >= 4 is 11.8 Å². The second-order valence-corrected chi connectivity index (χ2v) is 6.00. The monoisotopic (exact) mass is 319 g/mol. The molecule has 0 saturated carbocycles. The van der Waals surface area contributed by atoms with Gasteiger partial charge in [-0.2, -0.15) is 0 Å². The third kappa shape index (κ3) is 5.03. The summed E-state index contributed by atoms with van der Waals surface area (Å²) in [5.74, 6) is 0.492. The van der Waals surface area contributed by atoms with E-state index < -0.39 is 0 Å². The van der Waals surface area contributed by atoms with Gasteiger partial charge in [0.15, 0.2) is 0 Å². The highest BCUT2D eigenvalue weighted by molar-refractivity contribution is 5.96. The number of amides is 2. The van der Waals surface area contributed by atoms with Gasteiger partial charge >= 0.3 is 0 Å². The minimum atomic E-state index is -0.157. The van der Waals surface area contributed by atoms with E-state index in [0.717, 1.165) is 39.0 Å². The fraction of sp³-hybridized carbons (Fsp3) is 0.588. The molecule has 0 N–H and O–H groups in total. The van der Waals surface area contributed by atoms with Gasteiger partial charge in [0, 0.05) is 51.8 Å². The molecule has 1 aliphatic rings. The molecule has 0 atom stereocenters. The van der Waals surface area contributed by atoms with Crippen LogP contribution in [0.25, 0.3) is 0 Å². The molecule has 2 rings (SSSR count). The summed E-state index contributed by atoms with van der Waals surface area (Å²) in [6, 6.07) is 3.31. The molecule has 0 bridgehead atoms. The van der Waals surface area contributed by atoms with E-state index in [2.05, 4.69) is 4.98 Å². The predicted molar refractivity (Wildman–Crippen MR) is 87.0 cm³/mol. The molecule has 0 unspecified atom stereocenters. The molecule has 0 aliphatic carbocycles. The first-order valence-corrected chi connectivity index (χ1v) is 8.04. The lowest BCUT2D eigenvalue weighted by Gasteiger charge is -2.33. The number of ether oxygens (including phenoxy) is 1. The molecule has 2 amide bonds. The maximum atomic E-state index is 12.4. The van der Waals surface area contributed by atoms with Crippen molar-refractivity contribution in [1.82, 2.24) is 14.8 Å². The maximum absolute atomic E-state index is 12.4. The first-order valence-electron chi connectivity index (χ1n) is 8.04. The van der Waals surface area contributed by atoms with E-state index in [1.54, 1.807) is 38.7 Å². The van der Waals surface area contributed by atoms with Crippen LogP contribution >= 0.6 is 0 Å². The number of pyridine rings is 1. The topological polar surface area (TPSA) is 62.7 Å². The van der Waals surface area contributed by atoms with Gasteiger partial charge in [0.25, 0.3) is 5.91 Å². The Morgan fingerprint density at radius 3 is 2.57 bits per heavy atom. The fourth-order valence-corrected chi connectivity index (χ4v) is 2.85. The van der Waals surface area contributed by atoms with Crippen molar-refractivity contribution < 1.29 is 14.3 Å². The van der Waals surface area contributed by atoms with E-state index in [1.165, 1.54) is 4.90 Å². The van der Waals surface area contributed by atoms with Crippen LogP contribution in [0.4, 0.5) is 0 Å². The number of likely N-dealkylation sites (N-methyl/N-ethyl adjacent to an activating group) is 1. The average molecular weight is 319 g/mol. The molecule has 0 radical (unpaired) electrons. The molecule has 1 aromatic rings. The Morgan fingerprint density at radius 2 is 1.96 bits per heavy atom. The number of rotatable bonds is 6. The van der Waals surface area contributed by atoms with Crippen LogP contribution in [-0.2, 0) is 9.53 Å². The van der Waals surface area contributed by atoms with Gasteiger partial charge in [0.05, 0.1) is 6.54 Å². The van der Waals surface area contributed by atoms with Gasteiger partial charge in [0.2, 0.25) is 5.91 Å². The Labute approximate surface area is 137 Å². The number of nitrogens with zero attached hydrogens (tertiary/aromatic N) is 3. The first kappa shape index (κ1) is 17.4. The van der Waals surface area contributed by atoms with Crippen LogP contribution < -0.4 is 0 Å². The number of aromatic nitrogens is 1. The zero-order valence-electron chi connectivity index (χ0n) is 13.9. The SMILES string of the molecule is COCCC1CCN(C(=O)CN(C)C(=O)c2ccncc2)CC1. The third-order valence-electron chi connectivity index (χ3n) is 4.34. The number of hydrogen-bond donors (Lipinski definition) is 0. The second-order valence-electron chi connectivity index (χ2n) is 6.00. The van der Waals surface area contributed by atoms with Crippen molar-refractivity contribution in [3.63, 3.8) is 0 Å². The van der Waals surface area contributed by atoms with Crippen LogP contribution in [0.2, 0.25) is 0 Å². The molecule has 1 fully saturated rings. The molecule has 0 aromatic carbocycles. The predicted octanol–water partition coefficient (Wildman–Crippen LogP) is 1.43. The highest BCUT2D eigenvalue weighted by atomic mass is 16.5. The van der Waals surface area contributed by atoms with Gasteiger partial charge in [-0.15, -0.1) is 0 Å². The molecular weight excluding hydrogens is 294 g/mol. The van der Waals surface area contributed by atoms with E-state index in [1.807, 2.05) is 4.90 Å². The molecular formula is C17H25N3O3. The molecule has 1 aromatic heterocycles. The van der Waals surface area contributed by atoms with E-state index in [0.29, 0.717) is 11.5 Å². The summed E-state index contributed by atoms with van der Waals surface area (Å²) in [5.41, 5.74) is 0.550. The molecule has 0 spiro atoms. The zero-order chi connectivity index (χ0) is 16.7. The summed E-state index contributed by atoms with van der Waals surface area (Å²) in [7, 11) is 3.38. The fourth-order valence-electron chi connectivity index (χ4n) is 2.85. The van der Waals surface area contributed by atoms with E-state index >= 15 is 0 Å². The number of methoxy groups -OCH3 is 1. The van der Waals surface area contributed by atoms with E-state index in [9.17, 15) is 9.59 Å². The van der Waals surface area contributed by atoms with Crippen molar-refractivity contribution in [3.8, 4) is 0 Å². The summed E-state index contributed by atoms with van der Waals surface area (Å²) in [4.78, 5) is 31.8. The Balaban J connectivity index is 1.79. The second kappa shape index (κ2) is 8.62. The Bertz CT molecular complexity index is 513. The lowest BCUT2D eigenvalue weighted by Crippen LogP contribution is -2.44. The summed E-state index contributed by atoms with van der Waals surface area (Å²) in [6.07, 6.45) is 6.23. The van der Waals surface area contributed by atoms with Gasteiger partial charge in [-0.1, -0.05) is 0 Å². The van der Waals surface area contributed by atoms with Crippen LogP contribution in [0.5, 0.6) is 0 Å². The van der Waals surface area contributed by atoms with Gasteiger partial charge in [-0.05, 0) is 37.3 Å². The largest absolute Gasteiger partial charge is 0.385 e. The molecule has 6 nitrogen and oxygen atoms in total. The molecule has 126 valence electrons. The van der Waals surface area contributed by atoms with Crippen LogP contribution in [-0.4, -0.2) is 67.0 Å². The molecule has 1 aliphatic heterocycles. The smallest absolute Gasteiger partial charge is 0.254 e. The van der Waals surface area contributed by atoms with Crippen molar-refractivity contribution in [1.29, 1.82) is 0 Å². The standard InChI is InChI=1S/C17H25N3O3/c1-19(17(22)15-3-8-18-9-4-15)13-16(21)20-10-5-14(6-11-20)7-12-23-2/h3-4,8-9,14H,5-7,10-13H2,1-2H3. The van der Waals surface area contributed by atoms with E-state index in [4.69, 9.17) is 4.74 Å². The van der Waals surface area contributed by atoms with Crippen LogP contribution in [0.3, 0.4) is 0 Å². The van der Waals surface area contributed by atoms with Gasteiger partial charge < -0.3 is 14.5 Å². The van der Waals surface area contributed by atoms with Gasteiger partial charge in [0.1, 0.15) is 0 Å². The maximum Gasteiger partial charge on any atom is 0.254 e.